The lowest BCUT2D eigenvalue weighted by atomic mass is 10.2. The summed E-state index contributed by atoms with van der Waals surface area (Å²) in [5, 5.41) is 9.99. The largest absolute Gasteiger partial charge is 0.376 e. The number of para-hydroxylation sites is 2. The third kappa shape index (κ3) is 4.00. The summed E-state index contributed by atoms with van der Waals surface area (Å²) in [6.07, 6.45) is 5.81. The molecule has 0 aliphatic carbocycles. The Morgan fingerprint density at radius 3 is 2.83 bits per heavy atom. The van der Waals surface area contributed by atoms with Crippen LogP contribution in [-0.4, -0.2) is 55.9 Å². The molecular weight excluding hydrogens is 400 g/mol. The quantitative estimate of drug-likeness (QED) is 0.439. The molecule has 2 saturated heterocycles. The van der Waals surface area contributed by atoms with Crippen molar-refractivity contribution in [2.45, 2.75) is 56.5 Å². The molecule has 9 heteroatoms. The van der Waals surface area contributed by atoms with E-state index in [0.717, 1.165) is 73.4 Å². The first-order chi connectivity index (χ1) is 14.8. The van der Waals surface area contributed by atoms with Crippen LogP contribution >= 0.6 is 11.8 Å². The summed E-state index contributed by atoms with van der Waals surface area (Å²) >= 11 is 1.72. The van der Waals surface area contributed by atoms with Crippen molar-refractivity contribution >= 4 is 28.7 Å². The number of nitrogens with zero attached hydrogens (tertiary/aromatic N) is 5. The van der Waals surface area contributed by atoms with Crippen LogP contribution in [-0.2, 0) is 17.8 Å². The molecule has 8 nitrogen and oxygen atoms in total. The Kier molecular flexibility index (Phi) is 5.81. The van der Waals surface area contributed by atoms with Crippen molar-refractivity contribution in [1.82, 2.24) is 24.3 Å². The molecule has 30 heavy (non-hydrogen) atoms. The van der Waals surface area contributed by atoms with Gasteiger partial charge in [0.15, 0.2) is 5.16 Å². The Labute approximate surface area is 179 Å². The van der Waals surface area contributed by atoms with E-state index in [4.69, 9.17) is 4.74 Å². The molecule has 0 amide bonds. The average molecular weight is 429 g/mol. The van der Waals surface area contributed by atoms with Crippen LogP contribution in [0.1, 0.15) is 32.1 Å². The molecule has 1 atom stereocenters. The summed E-state index contributed by atoms with van der Waals surface area (Å²) in [6.45, 7) is 4.47. The molecule has 0 radical (unpaired) electrons. The standard InChI is InChI=1S/C21H28N6O2S/c28-20-22-17-8-1-2-9-18(17)26(20)12-6-14-30-21-24-23-19(25-10-3-4-11-25)27(21)15-16-7-5-13-29-16/h1-2,8-9,16H,3-7,10-15H2,(H,22,28). The van der Waals surface area contributed by atoms with Gasteiger partial charge in [0.2, 0.25) is 5.95 Å². The smallest absolute Gasteiger partial charge is 0.326 e. The third-order valence-corrected chi connectivity index (χ3v) is 6.99. The number of benzene rings is 1. The van der Waals surface area contributed by atoms with Gasteiger partial charge in [-0.15, -0.1) is 10.2 Å². The third-order valence-electron chi connectivity index (χ3n) is 5.94. The Morgan fingerprint density at radius 1 is 1.13 bits per heavy atom. The van der Waals surface area contributed by atoms with Crippen LogP contribution in [0.4, 0.5) is 5.95 Å². The lowest BCUT2D eigenvalue weighted by Gasteiger charge is -2.20. The molecule has 5 rings (SSSR count). The summed E-state index contributed by atoms with van der Waals surface area (Å²) in [5.74, 6) is 1.87. The van der Waals surface area contributed by atoms with E-state index in [-0.39, 0.29) is 11.8 Å². The van der Waals surface area contributed by atoms with Gasteiger partial charge in [0.05, 0.1) is 23.7 Å². The Balaban J connectivity index is 1.26. The predicted molar refractivity (Wildman–Crippen MR) is 118 cm³/mol. The van der Waals surface area contributed by atoms with E-state index in [0.29, 0.717) is 6.54 Å². The van der Waals surface area contributed by atoms with Crippen LogP contribution in [0.5, 0.6) is 0 Å². The fraction of sp³-hybridized carbons (Fsp3) is 0.571. The van der Waals surface area contributed by atoms with Crippen molar-refractivity contribution in [2.24, 2.45) is 0 Å². The minimum atomic E-state index is -0.0425. The summed E-state index contributed by atoms with van der Waals surface area (Å²) in [4.78, 5) is 17.5. The van der Waals surface area contributed by atoms with Gasteiger partial charge in [-0.2, -0.15) is 0 Å². The van der Waals surface area contributed by atoms with Crippen molar-refractivity contribution in [3.05, 3.63) is 34.7 Å². The number of hydrogen-bond donors (Lipinski definition) is 1. The molecule has 0 saturated carbocycles. The first-order valence-corrected chi connectivity index (χ1v) is 11.9. The van der Waals surface area contributed by atoms with Crippen LogP contribution in [0.2, 0.25) is 0 Å². The fourth-order valence-electron chi connectivity index (χ4n) is 4.41. The number of thioether (sulfide) groups is 1. The highest BCUT2D eigenvalue weighted by Crippen LogP contribution is 2.27. The van der Waals surface area contributed by atoms with Crippen LogP contribution in [0.15, 0.2) is 34.2 Å². The van der Waals surface area contributed by atoms with Crippen molar-refractivity contribution in [1.29, 1.82) is 0 Å². The van der Waals surface area contributed by atoms with Crippen molar-refractivity contribution in [2.75, 3.05) is 30.3 Å². The lowest BCUT2D eigenvalue weighted by molar-refractivity contribution is 0.0952. The van der Waals surface area contributed by atoms with E-state index in [1.165, 1.54) is 12.8 Å². The molecule has 160 valence electrons. The monoisotopic (exact) mass is 428 g/mol. The number of ether oxygens (including phenoxy) is 1. The molecule has 2 aromatic heterocycles. The van der Waals surface area contributed by atoms with Crippen molar-refractivity contribution in [3.8, 4) is 0 Å². The number of H-pyrrole nitrogens is 1. The molecule has 2 fully saturated rings. The Hall–Kier alpha value is -2.26. The maximum Gasteiger partial charge on any atom is 0.326 e. The average Bonchev–Trinajstić information content (AvgIpc) is 3.54. The number of rotatable bonds is 8. The zero-order valence-electron chi connectivity index (χ0n) is 17.1. The fourth-order valence-corrected chi connectivity index (χ4v) is 5.27. The highest BCUT2D eigenvalue weighted by atomic mass is 32.2. The number of imidazole rings is 1. The van der Waals surface area contributed by atoms with Crippen LogP contribution in [0.25, 0.3) is 11.0 Å². The van der Waals surface area contributed by atoms with Gasteiger partial charge in [-0.25, -0.2) is 4.79 Å². The molecule has 0 bridgehead atoms. The first kappa shape index (κ1) is 19.7. The van der Waals surface area contributed by atoms with Gasteiger partial charge in [0.1, 0.15) is 0 Å². The maximum atomic E-state index is 12.3. The summed E-state index contributed by atoms with van der Waals surface area (Å²) in [7, 11) is 0. The number of aryl methyl sites for hydroxylation is 1. The topological polar surface area (TPSA) is 81.0 Å². The van der Waals surface area contributed by atoms with E-state index in [9.17, 15) is 4.79 Å². The normalized spacial score (nSPS) is 19.3. The van der Waals surface area contributed by atoms with E-state index in [1.807, 2.05) is 28.8 Å². The molecule has 2 aliphatic rings. The predicted octanol–water partition coefficient (Wildman–Crippen LogP) is 2.88. The molecular formula is C21H28N6O2S. The number of hydrogen-bond acceptors (Lipinski definition) is 6. The molecule has 0 spiro atoms. The van der Waals surface area contributed by atoms with E-state index in [1.54, 1.807) is 11.8 Å². The van der Waals surface area contributed by atoms with Gasteiger partial charge in [0, 0.05) is 32.0 Å². The van der Waals surface area contributed by atoms with E-state index in [2.05, 4.69) is 24.6 Å². The van der Waals surface area contributed by atoms with Gasteiger partial charge in [-0.1, -0.05) is 23.9 Å². The number of fused-ring (bicyclic) bond motifs is 1. The SMILES string of the molecule is O=c1[nH]c2ccccc2n1CCCSc1nnc(N2CCCC2)n1CC1CCCO1. The van der Waals surface area contributed by atoms with Gasteiger partial charge < -0.3 is 14.6 Å². The van der Waals surface area contributed by atoms with Gasteiger partial charge in [-0.3, -0.25) is 9.13 Å². The summed E-state index contributed by atoms with van der Waals surface area (Å²) in [5.41, 5.74) is 1.81. The number of aromatic amines is 1. The van der Waals surface area contributed by atoms with Crippen molar-refractivity contribution in [3.63, 3.8) is 0 Å². The highest BCUT2D eigenvalue weighted by molar-refractivity contribution is 7.99. The van der Waals surface area contributed by atoms with Crippen LogP contribution in [0.3, 0.4) is 0 Å². The first-order valence-electron chi connectivity index (χ1n) is 10.9. The zero-order chi connectivity index (χ0) is 20.3. The zero-order valence-corrected chi connectivity index (χ0v) is 17.9. The van der Waals surface area contributed by atoms with Crippen LogP contribution in [0, 0.1) is 0 Å². The maximum absolute atomic E-state index is 12.3. The molecule has 1 unspecified atom stereocenters. The number of aromatic nitrogens is 5. The Morgan fingerprint density at radius 2 is 2.00 bits per heavy atom. The molecule has 1 aromatic carbocycles. The summed E-state index contributed by atoms with van der Waals surface area (Å²) < 4.78 is 9.96. The summed E-state index contributed by atoms with van der Waals surface area (Å²) in [6, 6.07) is 7.84. The van der Waals surface area contributed by atoms with E-state index < -0.39 is 0 Å². The second-order valence-electron chi connectivity index (χ2n) is 8.02. The Bertz CT molecular complexity index is 1050. The molecule has 1 N–H and O–H groups in total. The minimum Gasteiger partial charge on any atom is -0.376 e. The van der Waals surface area contributed by atoms with Gasteiger partial charge >= 0.3 is 5.69 Å². The van der Waals surface area contributed by atoms with E-state index >= 15 is 0 Å². The van der Waals surface area contributed by atoms with Gasteiger partial charge in [-0.05, 0) is 44.2 Å². The number of anilines is 1. The molecule has 4 heterocycles. The van der Waals surface area contributed by atoms with Crippen LogP contribution < -0.4 is 10.6 Å². The second kappa shape index (κ2) is 8.85. The van der Waals surface area contributed by atoms with Crippen molar-refractivity contribution < 1.29 is 4.74 Å². The second-order valence-corrected chi connectivity index (χ2v) is 9.09. The minimum absolute atomic E-state index is 0.0425. The number of nitrogens with one attached hydrogen (secondary N) is 1. The highest BCUT2D eigenvalue weighted by Gasteiger charge is 2.25. The molecule has 3 aromatic rings. The van der Waals surface area contributed by atoms with Gasteiger partial charge in [0.25, 0.3) is 0 Å². The molecule has 2 aliphatic heterocycles. The lowest BCUT2D eigenvalue weighted by Crippen LogP contribution is -2.25.